The zero-order chi connectivity index (χ0) is 16.8. The fourth-order valence-corrected chi connectivity index (χ4v) is 3.39. The molecule has 3 heterocycles. The molecule has 0 bridgehead atoms. The van der Waals surface area contributed by atoms with Crippen LogP contribution in [-0.2, 0) is 9.47 Å². The van der Waals surface area contributed by atoms with Crippen LogP contribution in [-0.4, -0.2) is 79.3 Å². The Morgan fingerprint density at radius 2 is 1.96 bits per heavy atom. The molecule has 0 aromatic carbocycles. The van der Waals surface area contributed by atoms with Crippen molar-refractivity contribution in [1.29, 1.82) is 0 Å². The quantitative estimate of drug-likeness (QED) is 0.814. The Kier molecular flexibility index (Phi) is 6.18. The molecule has 0 unspecified atom stereocenters. The summed E-state index contributed by atoms with van der Waals surface area (Å²) in [6.45, 7) is 8.47. The predicted molar refractivity (Wildman–Crippen MR) is 91.1 cm³/mol. The van der Waals surface area contributed by atoms with Gasteiger partial charge in [-0.05, 0) is 31.9 Å². The summed E-state index contributed by atoms with van der Waals surface area (Å²) in [5, 5.41) is 0. The van der Waals surface area contributed by atoms with Crippen LogP contribution in [0.2, 0.25) is 0 Å². The van der Waals surface area contributed by atoms with Gasteiger partial charge in [0.1, 0.15) is 0 Å². The van der Waals surface area contributed by atoms with Gasteiger partial charge in [-0.2, -0.15) is 0 Å². The number of hydrogen-bond acceptors (Lipinski definition) is 5. The Balaban J connectivity index is 1.71. The molecule has 2 saturated heterocycles. The van der Waals surface area contributed by atoms with E-state index >= 15 is 0 Å². The van der Waals surface area contributed by atoms with Gasteiger partial charge < -0.3 is 14.4 Å². The number of aromatic nitrogens is 1. The third kappa shape index (κ3) is 4.32. The summed E-state index contributed by atoms with van der Waals surface area (Å²) in [5.41, 5.74) is 1.51. The van der Waals surface area contributed by atoms with Gasteiger partial charge in [0.2, 0.25) is 0 Å². The number of carbonyl (C=O) groups excluding carboxylic acids is 1. The zero-order valence-corrected chi connectivity index (χ0v) is 14.4. The predicted octanol–water partition coefficient (Wildman–Crippen LogP) is 1.34. The number of carbonyl (C=O) groups is 1. The van der Waals surface area contributed by atoms with Crippen molar-refractivity contribution in [2.75, 3.05) is 52.6 Å². The van der Waals surface area contributed by atoms with Gasteiger partial charge in [0, 0.05) is 57.3 Å². The lowest BCUT2D eigenvalue weighted by atomic mass is 10.0. The Bertz CT molecular complexity index is 540. The first-order valence-corrected chi connectivity index (χ1v) is 8.86. The summed E-state index contributed by atoms with van der Waals surface area (Å²) < 4.78 is 10.9. The lowest BCUT2D eigenvalue weighted by molar-refractivity contribution is 0.0141. The molecule has 0 atom stereocenters. The first-order valence-electron chi connectivity index (χ1n) is 8.86. The van der Waals surface area contributed by atoms with Gasteiger partial charge >= 0.3 is 0 Å². The van der Waals surface area contributed by atoms with Gasteiger partial charge in [0.05, 0.1) is 18.8 Å². The van der Waals surface area contributed by atoms with Crippen molar-refractivity contribution >= 4 is 5.91 Å². The third-order valence-electron chi connectivity index (χ3n) is 4.89. The SMILES string of the molecule is Cc1ncccc1C(=O)N(CCN1CCOCC1)C1CCOCC1. The molecule has 1 aromatic rings. The fourth-order valence-electron chi connectivity index (χ4n) is 3.39. The van der Waals surface area contributed by atoms with Gasteiger partial charge in [-0.25, -0.2) is 0 Å². The smallest absolute Gasteiger partial charge is 0.255 e. The number of amides is 1. The van der Waals surface area contributed by atoms with E-state index in [0.29, 0.717) is 5.56 Å². The van der Waals surface area contributed by atoms with Crippen molar-refractivity contribution in [2.24, 2.45) is 0 Å². The standard InChI is InChI=1S/C18H27N3O3/c1-15-17(3-2-6-19-15)18(22)21(16-4-11-23-12-5-16)8-7-20-9-13-24-14-10-20/h2-3,6,16H,4-5,7-14H2,1H3. The summed E-state index contributed by atoms with van der Waals surface area (Å²) in [6.07, 6.45) is 3.56. The van der Waals surface area contributed by atoms with Crippen LogP contribution in [0.1, 0.15) is 28.9 Å². The third-order valence-corrected chi connectivity index (χ3v) is 4.89. The minimum Gasteiger partial charge on any atom is -0.381 e. The second-order valence-electron chi connectivity index (χ2n) is 6.43. The summed E-state index contributed by atoms with van der Waals surface area (Å²) in [4.78, 5) is 21.8. The number of hydrogen-bond donors (Lipinski definition) is 0. The maximum absolute atomic E-state index is 13.1. The molecule has 132 valence electrons. The number of morpholine rings is 1. The number of rotatable bonds is 5. The van der Waals surface area contributed by atoms with Crippen LogP contribution in [0, 0.1) is 6.92 Å². The molecule has 3 rings (SSSR count). The van der Waals surface area contributed by atoms with E-state index in [0.717, 1.165) is 71.1 Å². The molecule has 0 aliphatic carbocycles. The number of nitrogens with zero attached hydrogens (tertiary/aromatic N) is 3. The second-order valence-corrected chi connectivity index (χ2v) is 6.43. The van der Waals surface area contributed by atoms with Gasteiger partial charge in [-0.3, -0.25) is 14.7 Å². The molecule has 6 nitrogen and oxygen atoms in total. The summed E-state index contributed by atoms with van der Waals surface area (Å²) in [5.74, 6) is 0.0979. The number of aryl methyl sites for hydroxylation is 1. The molecule has 0 radical (unpaired) electrons. The van der Waals surface area contributed by atoms with Crippen molar-refractivity contribution in [3.05, 3.63) is 29.6 Å². The summed E-state index contributed by atoms with van der Waals surface area (Å²) >= 11 is 0. The van der Waals surface area contributed by atoms with Crippen LogP contribution in [0.25, 0.3) is 0 Å². The van der Waals surface area contributed by atoms with Crippen molar-refractivity contribution < 1.29 is 14.3 Å². The summed E-state index contributed by atoms with van der Waals surface area (Å²) in [6, 6.07) is 3.97. The lowest BCUT2D eigenvalue weighted by Gasteiger charge is -2.36. The highest BCUT2D eigenvalue weighted by atomic mass is 16.5. The van der Waals surface area contributed by atoms with Crippen molar-refractivity contribution in [3.63, 3.8) is 0 Å². The second kappa shape index (κ2) is 8.55. The maximum Gasteiger partial charge on any atom is 0.255 e. The average molecular weight is 333 g/mol. The van der Waals surface area contributed by atoms with Crippen molar-refractivity contribution in [2.45, 2.75) is 25.8 Å². The Labute approximate surface area is 143 Å². The largest absolute Gasteiger partial charge is 0.381 e. The molecular formula is C18H27N3O3. The highest BCUT2D eigenvalue weighted by Crippen LogP contribution is 2.18. The monoisotopic (exact) mass is 333 g/mol. The van der Waals surface area contributed by atoms with E-state index in [2.05, 4.69) is 9.88 Å². The molecule has 0 N–H and O–H groups in total. The Morgan fingerprint density at radius 3 is 2.67 bits per heavy atom. The molecule has 0 saturated carbocycles. The Morgan fingerprint density at radius 1 is 1.25 bits per heavy atom. The molecule has 2 aliphatic heterocycles. The van der Waals surface area contributed by atoms with Crippen LogP contribution in [0.5, 0.6) is 0 Å². The van der Waals surface area contributed by atoms with Crippen LogP contribution in [0.4, 0.5) is 0 Å². The first-order chi connectivity index (χ1) is 11.8. The van der Waals surface area contributed by atoms with Crippen LogP contribution in [0.15, 0.2) is 18.3 Å². The van der Waals surface area contributed by atoms with Crippen LogP contribution in [0.3, 0.4) is 0 Å². The van der Waals surface area contributed by atoms with E-state index in [-0.39, 0.29) is 11.9 Å². The normalized spacial score (nSPS) is 20.0. The van der Waals surface area contributed by atoms with Gasteiger partial charge in [0.25, 0.3) is 5.91 Å². The zero-order valence-electron chi connectivity index (χ0n) is 14.4. The van der Waals surface area contributed by atoms with Crippen molar-refractivity contribution in [3.8, 4) is 0 Å². The average Bonchev–Trinajstić information content (AvgIpc) is 2.64. The molecule has 6 heteroatoms. The minimum atomic E-state index is 0.0979. The van der Waals surface area contributed by atoms with E-state index in [9.17, 15) is 4.79 Å². The molecule has 24 heavy (non-hydrogen) atoms. The molecule has 1 amide bonds. The molecule has 2 fully saturated rings. The van der Waals surface area contributed by atoms with E-state index in [1.54, 1.807) is 6.20 Å². The van der Waals surface area contributed by atoms with E-state index in [1.807, 2.05) is 24.0 Å². The van der Waals surface area contributed by atoms with E-state index < -0.39 is 0 Å². The number of pyridine rings is 1. The minimum absolute atomic E-state index is 0.0979. The lowest BCUT2D eigenvalue weighted by Crippen LogP contribution is -2.48. The molecule has 2 aliphatic rings. The fraction of sp³-hybridized carbons (Fsp3) is 0.667. The van der Waals surface area contributed by atoms with E-state index in [1.165, 1.54) is 0 Å². The van der Waals surface area contributed by atoms with Crippen LogP contribution < -0.4 is 0 Å². The van der Waals surface area contributed by atoms with Gasteiger partial charge in [-0.15, -0.1) is 0 Å². The Hall–Kier alpha value is -1.50. The maximum atomic E-state index is 13.1. The highest BCUT2D eigenvalue weighted by molar-refractivity contribution is 5.95. The van der Waals surface area contributed by atoms with Gasteiger partial charge in [0.15, 0.2) is 0 Å². The first kappa shape index (κ1) is 17.3. The number of ether oxygens (including phenoxy) is 2. The van der Waals surface area contributed by atoms with Crippen LogP contribution >= 0.6 is 0 Å². The summed E-state index contributed by atoms with van der Waals surface area (Å²) in [7, 11) is 0. The van der Waals surface area contributed by atoms with Crippen molar-refractivity contribution in [1.82, 2.24) is 14.8 Å². The van der Waals surface area contributed by atoms with E-state index in [4.69, 9.17) is 9.47 Å². The van der Waals surface area contributed by atoms with Gasteiger partial charge in [-0.1, -0.05) is 0 Å². The molecular weight excluding hydrogens is 306 g/mol. The molecule has 1 aromatic heterocycles. The topological polar surface area (TPSA) is 54.9 Å². The highest BCUT2D eigenvalue weighted by Gasteiger charge is 2.28. The molecule has 0 spiro atoms.